The van der Waals surface area contributed by atoms with Crippen LogP contribution in [0.3, 0.4) is 0 Å². The largest absolute Gasteiger partial charge is 0.459 e. The van der Waals surface area contributed by atoms with Gasteiger partial charge in [-0.3, -0.25) is 4.79 Å². The van der Waals surface area contributed by atoms with Crippen LogP contribution < -0.4 is 0 Å². The van der Waals surface area contributed by atoms with Crippen LogP contribution in [0.25, 0.3) is 0 Å². The summed E-state index contributed by atoms with van der Waals surface area (Å²) in [5, 5.41) is 34.6. The van der Waals surface area contributed by atoms with Crippen molar-refractivity contribution in [2.24, 2.45) is 23.7 Å². The van der Waals surface area contributed by atoms with Gasteiger partial charge in [0.2, 0.25) is 0 Å². The molecule has 1 spiro atoms. The van der Waals surface area contributed by atoms with E-state index in [0.717, 1.165) is 0 Å². The van der Waals surface area contributed by atoms with Gasteiger partial charge in [-0.15, -0.1) is 0 Å². The maximum absolute atomic E-state index is 13.8. The number of aliphatic hydroxyl groups excluding tert-OH is 1. The van der Waals surface area contributed by atoms with Gasteiger partial charge < -0.3 is 43.9 Å². The zero-order chi connectivity index (χ0) is 32.0. The Hall–Kier alpha value is -0.850. The second kappa shape index (κ2) is 12.9. The normalized spacial score (nSPS) is 51.9. The Bertz CT molecular complexity index is 924. The van der Waals surface area contributed by atoms with Crippen LogP contribution in [0.2, 0.25) is 0 Å². The van der Waals surface area contributed by atoms with Crippen LogP contribution in [-0.4, -0.2) is 113 Å². The minimum atomic E-state index is -1.69. The van der Waals surface area contributed by atoms with Crippen molar-refractivity contribution in [3.05, 3.63) is 0 Å². The molecule has 0 bridgehead atoms. The van der Waals surface area contributed by atoms with Crippen LogP contribution in [0.1, 0.15) is 88.5 Å². The van der Waals surface area contributed by atoms with Crippen molar-refractivity contribution < 1.29 is 43.8 Å². The average Bonchev–Trinajstić information content (AvgIpc) is 3.73. The second-order valence-corrected chi connectivity index (χ2v) is 14.4. The highest BCUT2D eigenvalue weighted by Gasteiger charge is 2.67. The van der Waals surface area contributed by atoms with Gasteiger partial charge in [-0.05, 0) is 79.2 Å². The Kier molecular flexibility index (Phi) is 10.9. The predicted molar refractivity (Wildman–Crippen MR) is 159 cm³/mol. The molecule has 246 valence electrons. The van der Waals surface area contributed by atoms with E-state index in [-0.39, 0.29) is 23.9 Å². The van der Waals surface area contributed by atoms with Crippen molar-refractivity contribution in [3.8, 4) is 0 Å². The van der Waals surface area contributed by atoms with Crippen molar-refractivity contribution in [1.29, 1.82) is 0 Å². The monoisotopic (exact) mass is 601 g/mol. The van der Waals surface area contributed by atoms with Crippen LogP contribution in [0, 0.1) is 23.7 Å². The lowest BCUT2D eigenvalue weighted by Crippen LogP contribution is -2.60. The van der Waals surface area contributed by atoms with E-state index in [2.05, 4.69) is 6.92 Å². The maximum Gasteiger partial charge on any atom is 0.311 e. The van der Waals surface area contributed by atoms with E-state index >= 15 is 0 Å². The number of aliphatic hydroxyl groups is 3. The molecule has 3 saturated heterocycles. The smallest absolute Gasteiger partial charge is 0.311 e. The Morgan fingerprint density at radius 2 is 1.64 bits per heavy atom. The van der Waals surface area contributed by atoms with Crippen LogP contribution >= 0.6 is 0 Å². The zero-order valence-corrected chi connectivity index (χ0v) is 28.0. The van der Waals surface area contributed by atoms with E-state index in [1.165, 1.54) is 6.92 Å². The molecule has 3 heterocycles. The maximum atomic E-state index is 13.8. The number of epoxide rings is 1. The van der Waals surface area contributed by atoms with Crippen molar-refractivity contribution >= 4 is 5.97 Å². The van der Waals surface area contributed by atoms with Gasteiger partial charge >= 0.3 is 5.97 Å². The second-order valence-electron chi connectivity index (χ2n) is 14.4. The molecule has 10 nitrogen and oxygen atoms in total. The fraction of sp³-hybridized carbons (Fsp3) is 0.969. The summed E-state index contributed by atoms with van der Waals surface area (Å²) in [6.07, 6.45) is -2.54. The van der Waals surface area contributed by atoms with Gasteiger partial charge in [0, 0.05) is 26.1 Å². The molecule has 3 N–H and O–H groups in total. The Morgan fingerprint density at radius 1 is 1.05 bits per heavy atom. The van der Waals surface area contributed by atoms with E-state index in [1.807, 2.05) is 60.4 Å². The van der Waals surface area contributed by atoms with Crippen molar-refractivity contribution in [1.82, 2.24) is 4.90 Å². The molecule has 3 aliphatic rings. The Labute approximate surface area is 253 Å². The van der Waals surface area contributed by atoms with Crippen LogP contribution in [0.15, 0.2) is 0 Å². The van der Waals surface area contributed by atoms with E-state index in [1.54, 1.807) is 14.0 Å². The molecular weight excluding hydrogens is 542 g/mol. The number of carbonyl (C=O) groups is 1. The summed E-state index contributed by atoms with van der Waals surface area (Å²) >= 11 is 0. The minimum absolute atomic E-state index is 0.0840. The molecule has 0 aromatic heterocycles. The molecule has 3 fully saturated rings. The Balaban J connectivity index is 1.99. The van der Waals surface area contributed by atoms with Gasteiger partial charge in [0.15, 0.2) is 6.29 Å². The highest BCUT2D eigenvalue weighted by molar-refractivity contribution is 5.73. The lowest BCUT2D eigenvalue weighted by molar-refractivity contribution is -0.290. The van der Waals surface area contributed by atoms with Gasteiger partial charge in [-0.2, -0.15) is 0 Å². The van der Waals surface area contributed by atoms with Gasteiger partial charge in [0.1, 0.15) is 29.0 Å². The van der Waals surface area contributed by atoms with Crippen LogP contribution in [0.4, 0.5) is 0 Å². The third-order valence-corrected chi connectivity index (χ3v) is 11.2. The van der Waals surface area contributed by atoms with Crippen molar-refractivity contribution in [2.75, 3.05) is 27.3 Å². The Morgan fingerprint density at radius 3 is 2.17 bits per heavy atom. The molecule has 0 aromatic rings. The van der Waals surface area contributed by atoms with Gasteiger partial charge in [-0.25, -0.2) is 0 Å². The zero-order valence-electron chi connectivity index (χ0n) is 28.0. The minimum Gasteiger partial charge on any atom is -0.459 e. The molecule has 0 amide bonds. The molecule has 14 atom stereocenters. The number of carbonyl (C=O) groups excluding carboxylic acids is 1. The summed E-state index contributed by atoms with van der Waals surface area (Å²) in [5.74, 6) is -1.74. The number of likely N-dealkylation sites (N-methyl/N-ethyl adjacent to an activating group) is 1. The molecule has 3 aliphatic heterocycles. The summed E-state index contributed by atoms with van der Waals surface area (Å²) in [5.41, 5.74) is -3.93. The first-order valence-corrected chi connectivity index (χ1v) is 15.8. The van der Waals surface area contributed by atoms with E-state index in [0.29, 0.717) is 32.4 Å². The SMILES string of the molecule is CC[C@H]1OC(=O)[C@H](C)[C@@H](O[C@H]2C[C@@](C)(OC)C3(CO3)[C@H](C)O2)[C@H](C)[C@@H](C)[C@](C)(O)C[C@@H](C)CN(C)[C@H](C)[C@@H](O)[C@]1(C)O. The summed E-state index contributed by atoms with van der Waals surface area (Å²) in [4.78, 5) is 15.8. The first-order chi connectivity index (χ1) is 19.3. The van der Waals surface area contributed by atoms with E-state index in [9.17, 15) is 20.1 Å². The summed E-state index contributed by atoms with van der Waals surface area (Å²) in [7, 11) is 3.56. The van der Waals surface area contributed by atoms with Crippen molar-refractivity contribution in [2.45, 2.75) is 148 Å². The summed E-state index contributed by atoms with van der Waals surface area (Å²) in [6, 6.07) is -0.422. The molecule has 3 rings (SSSR count). The quantitative estimate of drug-likeness (QED) is 0.326. The standard InChI is InChI=1S/C32H59NO9/c1-13-24-31(10,37)27(34)22(6)33(11)16-18(2)14-29(8,36)21(5)19(3)26(20(4)28(35)41-24)42-25-15-30(9,38-12)32(17-39-32)23(7)40-25/h18-27,34,36-37H,13-17H2,1-12H3/t18-,19-,20-,21-,22-,23+,24-,25+,26+,27-,29-,30-,31-,32?/m1/s1. The lowest BCUT2D eigenvalue weighted by atomic mass is 9.72. The molecule has 1 unspecified atom stereocenters. The average molecular weight is 602 g/mol. The summed E-state index contributed by atoms with van der Waals surface area (Å²) in [6.45, 7) is 20.0. The number of ether oxygens (including phenoxy) is 5. The molecule has 0 aliphatic carbocycles. The van der Waals surface area contributed by atoms with Gasteiger partial charge in [-0.1, -0.05) is 27.7 Å². The number of nitrogens with zero attached hydrogens (tertiary/aromatic N) is 1. The lowest BCUT2D eigenvalue weighted by Gasteiger charge is -2.47. The van der Waals surface area contributed by atoms with E-state index in [4.69, 9.17) is 23.7 Å². The molecule has 42 heavy (non-hydrogen) atoms. The van der Waals surface area contributed by atoms with Crippen LogP contribution in [0.5, 0.6) is 0 Å². The van der Waals surface area contributed by atoms with Gasteiger partial charge in [0.25, 0.3) is 0 Å². The molecule has 0 saturated carbocycles. The van der Waals surface area contributed by atoms with E-state index < -0.39 is 64.9 Å². The molecule has 0 radical (unpaired) electrons. The third kappa shape index (κ3) is 6.71. The first-order valence-electron chi connectivity index (χ1n) is 15.8. The highest BCUT2D eigenvalue weighted by atomic mass is 16.7. The number of hydrogen-bond donors (Lipinski definition) is 3. The number of cyclic esters (lactones) is 1. The molecular formula is C32H59NO9. The highest BCUT2D eigenvalue weighted by Crippen LogP contribution is 2.51. The molecule has 0 aromatic carbocycles. The molecule has 10 heteroatoms. The predicted octanol–water partition coefficient (Wildman–Crippen LogP) is 3.13. The topological polar surface area (TPSA) is 130 Å². The number of rotatable bonds is 4. The third-order valence-electron chi connectivity index (χ3n) is 11.2. The summed E-state index contributed by atoms with van der Waals surface area (Å²) < 4.78 is 30.7. The number of esters is 1. The fourth-order valence-corrected chi connectivity index (χ4v) is 7.51. The van der Waals surface area contributed by atoms with Gasteiger partial charge in [0.05, 0.1) is 30.3 Å². The number of methoxy groups -OCH3 is 1. The number of hydrogen-bond acceptors (Lipinski definition) is 10. The fourth-order valence-electron chi connectivity index (χ4n) is 7.51. The van der Waals surface area contributed by atoms with Crippen LogP contribution in [-0.2, 0) is 28.5 Å². The van der Waals surface area contributed by atoms with Crippen molar-refractivity contribution in [3.63, 3.8) is 0 Å². The first kappa shape index (κ1) is 35.6.